The molecule has 0 unspecified atom stereocenters. The van der Waals surface area contributed by atoms with Crippen LogP contribution in [0.3, 0.4) is 0 Å². The normalized spacial score (nSPS) is 10.5. The van der Waals surface area contributed by atoms with Gasteiger partial charge < -0.3 is 10.2 Å². The Morgan fingerprint density at radius 3 is 2.48 bits per heavy atom. The number of carbonyl (C=O) groups is 1. The minimum atomic E-state index is -0.242. The maximum absolute atomic E-state index is 12.5. The van der Waals surface area contributed by atoms with Crippen LogP contribution in [0.1, 0.15) is 35.6 Å². The summed E-state index contributed by atoms with van der Waals surface area (Å²) in [5, 5.41) is 2.89. The molecule has 0 atom stereocenters. The van der Waals surface area contributed by atoms with Gasteiger partial charge in [-0.05, 0) is 67.4 Å². The van der Waals surface area contributed by atoms with Crippen molar-refractivity contribution in [2.75, 3.05) is 23.3 Å². The summed E-state index contributed by atoms with van der Waals surface area (Å²) >= 11 is 3.47. The highest BCUT2D eigenvalue weighted by Gasteiger charge is 2.14. The molecule has 1 N–H and O–H groups in total. The van der Waals surface area contributed by atoms with E-state index in [4.69, 9.17) is 0 Å². The largest absolute Gasteiger partial charge is 0.341 e. The lowest BCUT2D eigenvalue weighted by atomic mass is 10.2. The minimum absolute atomic E-state index is 0.242. The van der Waals surface area contributed by atoms with Crippen LogP contribution in [0.4, 0.5) is 11.6 Å². The van der Waals surface area contributed by atoms with Gasteiger partial charge >= 0.3 is 0 Å². The summed E-state index contributed by atoms with van der Waals surface area (Å²) in [6, 6.07) is 7.48. The summed E-state index contributed by atoms with van der Waals surface area (Å²) in [6.07, 6.45) is 0. The number of aryl methyl sites for hydroxylation is 2. The van der Waals surface area contributed by atoms with Crippen molar-refractivity contribution in [3.63, 3.8) is 0 Å². The molecule has 1 heterocycles. The van der Waals surface area contributed by atoms with Gasteiger partial charge in [0.25, 0.3) is 5.91 Å². The van der Waals surface area contributed by atoms with E-state index in [1.165, 1.54) is 0 Å². The molecule has 1 amide bonds. The van der Waals surface area contributed by atoms with Crippen LogP contribution in [0.2, 0.25) is 0 Å². The molecule has 0 saturated heterocycles. The molecule has 0 radical (unpaired) electrons. The fraction of sp³-hybridized carbons (Fsp3) is 0.353. The van der Waals surface area contributed by atoms with Crippen molar-refractivity contribution in [3.05, 3.63) is 45.7 Å². The molecule has 0 spiro atoms. The quantitative estimate of drug-likeness (QED) is 0.857. The molecule has 1 aromatic heterocycles. The van der Waals surface area contributed by atoms with Gasteiger partial charge in [-0.1, -0.05) is 6.07 Å². The summed E-state index contributed by atoms with van der Waals surface area (Å²) in [7, 11) is 0. The smallest absolute Gasteiger partial charge is 0.274 e. The second kappa shape index (κ2) is 7.55. The van der Waals surface area contributed by atoms with E-state index in [0.29, 0.717) is 11.6 Å². The van der Waals surface area contributed by atoms with Crippen LogP contribution in [-0.2, 0) is 0 Å². The number of nitrogens with one attached hydrogen (secondary N) is 1. The van der Waals surface area contributed by atoms with Gasteiger partial charge in [0.15, 0.2) is 0 Å². The number of anilines is 2. The first-order chi connectivity index (χ1) is 10.9. The molecule has 23 heavy (non-hydrogen) atoms. The molecular weight excluding hydrogens is 356 g/mol. The van der Waals surface area contributed by atoms with E-state index < -0.39 is 0 Å². The Bertz CT molecular complexity index is 714. The third-order valence-electron chi connectivity index (χ3n) is 3.49. The van der Waals surface area contributed by atoms with Gasteiger partial charge in [0.2, 0.25) is 5.95 Å². The Kier molecular flexibility index (Phi) is 5.71. The molecule has 122 valence electrons. The summed E-state index contributed by atoms with van der Waals surface area (Å²) in [6.45, 7) is 9.54. The van der Waals surface area contributed by atoms with Gasteiger partial charge in [-0.25, -0.2) is 9.97 Å². The summed E-state index contributed by atoms with van der Waals surface area (Å²) in [5.41, 5.74) is 2.99. The molecule has 0 aliphatic heterocycles. The van der Waals surface area contributed by atoms with Crippen molar-refractivity contribution in [2.24, 2.45) is 0 Å². The standard InChI is InChI=1S/C17H21BrN4O/c1-5-22(6-2)17-19-12(4)10-15(21-17)16(23)20-14-8-7-11(3)9-13(14)18/h7-10H,5-6H2,1-4H3,(H,20,23). The molecule has 0 fully saturated rings. The topological polar surface area (TPSA) is 58.1 Å². The van der Waals surface area contributed by atoms with Crippen molar-refractivity contribution in [1.82, 2.24) is 9.97 Å². The molecule has 0 bridgehead atoms. The highest BCUT2D eigenvalue weighted by Crippen LogP contribution is 2.24. The third-order valence-corrected chi connectivity index (χ3v) is 4.15. The first-order valence-corrected chi connectivity index (χ1v) is 8.42. The van der Waals surface area contributed by atoms with Gasteiger partial charge in [0.05, 0.1) is 5.69 Å². The van der Waals surface area contributed by atoms with Gasteiger partial charge in [0, 0.05) is 23.3 Å². The molecule has 0 aliphatic carbocycles. The maximum Gasteiger partial charge on any atom is 0.274 e. The zero-order valence-corrected chi connectivity index (χ0v) is 15.4. The van der Waals surface area contributed by atoms with E-state index >= 15 is 0 Å². The Morgan fingerprint density at radius 1 is 1.17 bits per heavy atom. The van der Waals surface area contributed by atoms with Crippen molar-refractivity contribution < 1.29 is 4.79 Å². The third kappa shape index (κ3) is 4.28. The van der Waals surface area contributed by atoms with Gasteiger partial charge in [-0.3, -0.25) is 4.79 Å². The molecule has 0 saturated carbocycles. The van der Waals surface area contributed by atoms with E-state index in [1.807, 2.05) is 50.8 Å². The first kappa shape index (κ1) is 17.4. The zero-order chi connectivity index (χ0) is 17.0. The van der Waals surface area contributed by atoms with E-state index in [-0.39, 0.29) is 5.91 Å². The zero-order valence-electron chi connectivity index (χ0n) is 13.9. The second-order valence-corrected chi connectivity index (χ2v) is 6.16. The van der Waals surface area contributed by atoms with Crippen LogP contribution in [0, 0.1) is 13.8 Å². The molecule has 5 nitrogen and oxygen atoms in total. The average Bonchev–Trinajstić information content (AvgIpc) is 2.50. The first-order valence-electron chi connectivity index (χ1n) is 7.62. The number of nitrogens with zero attached hydrogens (tertiary/aromatic N) is 3. The number of hydrogen-bond acceptors (Lipinski definition) is 4. The average molecular weight is 377 g/mol. The van der Waals surface area contributed by atoms with Gasteiger partial charge in [0.1, 0.15) is 5.69 Å². The molecule has 0 aliphatic rings. The molecule has 2 aromatic rings. The van der Waals surface area contributed by atoms with Crippen molar-refractivity contribution in [2.45, 2.75) is 27.7 Å². The Hall–Kier alpha value is -1.95. The number of hydrogen-bond donors (Lipinski definition) is 1. The van der Waals surface area contributed by atoms with Crippen LogP contribution in [0.15, 0.2) is 28.7 Å². The number of rotatable bonds is 5. The lowest BCUT2D eigenvalue weighted by Gasteiger charge is -2.19. The van der Waals surface area contributed by atoms with Crippen LogP contribution in [0.5, 0.6) is 0 Å². The van der Waals surface area contributed by atoms with Crippen LogP contribution >= 0.6 is 15.9 Å². The van der Waals surface area contributed by atoms with E-state index in [1.54, 1.807) is 6.07 Å². The van der Waals surface area contributed by atoms with Crippen LogP contribution in [-0.4, -0.2) is 29.0 Å². The van der Waals surface area contributed by atoms with Crippen molar-refractivity contribution in [3.8, 4) is 0 Å². The summed E-state index contributed by atoms with van der Waals surface area (Å²) in [5.74, 6) is 0.344. The summed E-state index contributed by atoms with van der Waals surface area (Å²) < 4.78 is 0.848. The summed E-state index contributed by atoms with van der Waals surface area (Å²) in [4.78, 5) is 23.4. The van der Waals surface area contributed by atoms with Crippen LogP contribution < -0.4 is 10.2 Å². The number of aromatic nitrogens is 2. The number of benzene rings is 1. The number of halogens is 1. The van der Waals surface area contributed by atoms with Crippen molar-refractivity contribution in [1.29, 1.82) is 0 Å². The van der Waals surface area contributed by atoms with E-state index in [9.17, 15) is 4.79 Å². The molecule has 2 rings (SSSR count). The minimum Gasteiger partial charge on any atom is -0.341 e. The molecular formula is C17H21BrN4O. The molecule has 1 aromatic carbocycles. The molecule has 6 heteroatoms. The highest BCUT2D eigenvalue weighted by atomic mass is 79.9. The predicted molar refractivity (Wildman–Crippen MR) is 97.2 cm³/mol. The second-order valence-electron chi connectivity index (χ2n) is 5.30. The Morgan fingerprint density at radius 2 is 1.87 bits per heavy atom. The lowest BCUT2D eigenvalue weighted by molar-refractivity contribution is 0.102. The van der Waals surface area contributed by atoms with E-state index in [2.05, 4.69) is 31.2 Å². The Balaban J connectivity index is 2.28. The fourth-order valence-electron chi connectivity index (χ4n) is 2.22. The maximum atomic E-state index is 12.5. The number of amides is 1. The van der Waals surface area contributed by atoms with Crippen molar-refractivity contribution >= 4 is 33.5 Å². The Labute approximate surface area is 145 Å². The highest BCUT2D eigenvalue weighted by molar-refractivity contribution is 9.10. The SMILES string of the molecule is CCN(CC)c1nc(C)cc(C(=O)Nc2ccc(C)cc2Br)n1. The van der Waals surface area contributed by atoms with Gasteiger partial charge in [-0.2, -0.15) is 0 Å². The van der Waals surface area contributed by atoms with E-state index in [0.717, 1.165) is 34.5 Å². The lowest BCUT2D eigenvalue weighted by Crippen LogP contribution is -2.26. The number of carbonyl (C=O) groups excluding carboxylic acids is 1. The van der Waals surface area contributed by atoms with Gasteiger partial charge in [-0.15, -0.1) is 0 Å². The fourth-order valence-corrected chi connectivity index (χ4v) is 2.82. The predicted octanol–water partition coefficient (Wildman–Crippen LogP) is 3.95. The monoisotopic (exact) mass is 376 g/mol. The van der Waals surface area contributed by atoms with Crippen LogP contribution in [0.25, 0.3) is 0 Å².